The SMILES string of the molecule is CCc1cc(O)ccc1/N=C(\N)c1cnn2cc(Br)cc2c1N[C@@H]1CC[C@](C)(N)C1(C)C. The van der Waals surface area contributed by atoms with Crippen LogP contribution < -0.4 is 16.8 Å². The third kappa shape index (κ3) is 3.86. The third-order valence-electron chi connectivity index (χ3n) is 7.18. The summed E-state index contributed by atoms with van der Waals surface area (Å²) in [5.74, 6) is 0.586. The lowest BCUT2D eigenvalue weighted by Crippen LogP contribution is -2.51. The van der Waals surface area contributed by atoms with E-state index in [0.717, 1.165) is 51.8 Å². The van der Waals surface area contributed by atoms with Gasteiger partial charge in [0, 0.05) is 27.7 Å². The van der Waals surface area contributed by atoms with Crippen molar-refractivity contribution < 1.29 is 5.11 Å². The number of rotatable bonds is 5. The number of aliphatic imine (C=N–C) groups is 1. The number of aromatic nitrogens is 2. The number of benzene rings is 1. The Balaban J connectivity index is 1.82. The van der Waals surface area contributed by atoms with E-state index in [0.29, 0.717) is 5.84 Å². The normalized spacial score (nSPS) is 23.1. The van der Waals surface area contributed by atoms with E-state index >= 15 is 0 Å². The molecular weight excluding hydrogens is 468 g/mol. The van der Waals surface area contributed by atoms with Crippen LogP contribution in [0.25, 0.3) is 5.52 Å². The first kappa shape index (κ1) is 22.6. The molecular formula is C24H31BrN6O. The zero-order valence-corrected chi connectivity index (χ0v) is 20.6. The molecule has 0 spiro atoms. The van der Waals surface area contributed by atoms with E-state index in [-0.39, 0.29) is 22.7 Å². The summed E-state index contributed by atoms with van der Waals surface area (Å²) in [6.45, 7) is 8.57. The maximum atomic E-state index is 9.82. The van der Waals surface area contributed by atoms with Crippen molar-refractivity contribution in [3.63, 3.8) is 0 Å². The summed E-state index contributed by atoms with van der Waals surface area (Å²) in [6.07, 6.45) is 6.30. The first-order valence-corrected chi connectivity index (χ1v) is 11.7. The van der Waals surface area contributed by atoms with Crippen LogP contribution in [0.4, 0.5) is 11.4 Å². The number of amidine groups is 1. The quantitative estimate of drug-likeness (QED) is 0.300. The molecule has 1 aromatic carbocycles. The minimum absolute atomic E-state index is 0.118. The van der Waals surface area contributed by atoms with Gasteiger partial charge in [-0.25, -0.2) is 9.51 Å². The Kier molecular flexibility index (Phi) is 5.71. The largest absolute Gasteiger partial charge is 0.508 e. The van der Waals surface area contributed by atoms with E-state index in [1.807, 2.05) is 23.7 Å². The molecule has 8 heteroatoms. The van der Waals surface area contributed by atoms with Gasteiger partial charge in [-0.1, -0.05) is 20.8 Å². The van der Waals surface area contributed by atoms with Crippen LogP contribution in [0, 0.1) is 5.41 Å². The highest BCUT2D eigenvalue weighted by atomic mass is 79.9. The van der Waals surface area contributed by atoms with Crippen molar-refractivity contribution in [1.82, 2.24) is 9.61 Å². The van der Waals surface area contributed by atoms with Gasteiger partial charge in [-0.2, -0.15) is 5.10 Å². The van der Waals surface area contributed by atoms with Crippen LogP contribution in [0.1, 0.15) is 51.7 Å². The molecule has 4 rings (SSSR count). The monoisotopic (exact) mass is 498 g/mol. The average Bonchev–Trinajstić information content (AvgIpc) is 3.20. The second kappa shape index (κ2) is 8.08. The predicted octanol–water partition coefficient (Wildman–Crippen LogP) is 4.72. The van der Waals surface area contributed by atoms with Gasteiger partial charge >= 0.3 is 0 Å². The topological polar surface area (TPSA) is 114 Å². The van der Waals surface area contributed by atoms with Crippen LogP contribution in [-0.4, -0.2) is 32.1 Å². The summed E-state index contributed by atoms with van der Waals surface area (Å²) < 4.78 is 2.76. The summed E-state index contributed by atoms with van der Waals surface area (Å²) in [5.41, 5.74) is 17.0. The zero-order valence-electron chi connectivity index (χ0n) is 19.0. The number of fused-ring (bicyclic) bond motifs is 1. The second-order valence-electron chi connectivity index (χ2n) is 9.46. The Labute approximate surface area is 197 Å². The number of nitrogens with two attached hydrogens (primary N) is 2. The summed E-state index contributed by atoms with van der Waals surface area (Å²) in [4.78, 5) is 4.71. The summed E-state index contributed by atoms with van der Waals surface area (Å²) in [5, 5.41) is 18.1. The van der Waals surface area contributed by atoms with Crippen molar-refractivity contribution in [2.24, 2.45) is 21.9 Å². The number of hydrogen-bond acceptors (Lipinski definition) is 5. The molecule has 0 amide bonds. The molecule has 0 bridgehead atoms. The second-order valence-corrected chi connectivity index (χ2v) is 10.4. The fourth-order valence-electron chi connectivity index (χ4n) is 4.48. The maximum absolute atomic E-state index is 9.82. The van der Waals surface area contributed by atoms with Gasteiger partial charge < -0.3 is 21.9 Å². The highest BCUT2D eigenvalue weighted by Crippen LogP contribution is 2.46. The van der Waals surface area contributed by atoms with Gasteiger partial charge in [0.15, 0.2) is 0 Å². The average molecular weight is 499 g/mol. The molecule has 7 nitrogen and oxygen atoms in total. The number of nitrogens with one attached hydrogen (secondary N) is 1. The number of hydrogen-bond donors (Lipinski definition) is 4. The molecule has 6 N–H and O–H groups in total. The lowest BCUT2D eigenvalue weighted by Gasteiger charge is -2.39. The Bertz CT molecular complexity index is 1200. The van der Waals surface area contributed by atoms with Crippen molar-refractivity contribution in [3.8, 4) is 5.75 Å². The fourth-order valence-corrected chi connectivity index (χ4v) is 4.89. The minimum Gasteiger partial charge on any atom is -0.508 e. The molecule has 2 atom stereocenters. The van der Waals surface area contributed by atoms with Crippen molar-refractivity contribution in [2.45, 2.75) is 58.5 Å². The first-order valence-electron chi connectivity index (χ1n) is 10.9. The molecule has 32 heavy (non-hydrogen) atoms. The Morgan fingerprint density at radius 3 is 2.75 bits per heavy atom. The number of phenols is 1. The smallest absolute Gasteiger partial charge is 0.135 e. The van der Waals surface area contributed by atoms with E-state index in [2.05, 4.69) is 47.1 Å². The highest BCUT2D eigenvalue weighted by Gasteiger charge is 2.49. The van der Waals surface area contributed by atoms with Gasteiger partial charge in [0.05, 0.1) is 28.7 Å². The number of anilines is 1. The number of aryl methyl sites for hydroxylation is 1. The van der Waals surface area contributed by atoms with Crippen LogP contribution in [0.15, 0.2) is 46.1 Å². The fraction of sp³-hybridized carbons (Fsp3) is 0.417. The van der Waals surface area contributed by atoms with Crippen LogP contribution in [0.5, 0.6) is 5.75 Å². The Morgan fingerprint density at radius 1 is 1.34 bits per heavy atom. The van der Waals surface area contributed by atoms with E-state index in [1.54, 1.807) is 24.4 Å². The lowest BCUT2D eigenvalue weighted by atomic mass is 9.75. The standard InChI is InChI=1S/C24H31BrN6O/c1-5-14-10-16(32)6-7-18(14)29-22(26)17-12-28-31-13-15(25)11-19(31)21(17)30-20-8-9-24(4,27)23(20,2)3/h6-7,10-13,20,30,32H,5,8-9,27H2,1-4H3,(H2,26,29)/t20-,24+/m1/s1. The third-order valence-corrected chi connectivity index (χ3v) is 7.61. The van der Waals surface area contributed by atoms with E-state index < -0.39 is 0 Å². The molecule has 0 radical (unpaired) electrons. The molecule has 2 aromatic heterocycles. The number of aromatic hydroxyl groups is 1. The van der Waals surface area contributed by atoms with Crippen molar-refractivity contribution in [1.29, 1.82) is 0 Å². The molecule has 1 fully saturated rings. The van der Waals surface area contributed by atoms with E-state index in [9.17, 15) is 5.11 Å². The molecule has 2 heterocycles. The Hall–Kier alpha value is -2.58. The van der Waals surface area contributed by atoms with Gasteiger partial charge in [0.1, 0.15) is 11.6 Å². The van der Waals surface area contributed by atoms with Gasteiger partial charge in [-0.15, -0.1) is 0 Å². The van der Waals surface area contributed by atoms with Crippen molar-refractivity contribution in [2.75, 3.05) is 5.32 Å². The van der Waals surface area contributed by atoms with Gasteiger partial charge in [-0.3, -0.25) is 0 Å². The van der Waals surface area contributed by atoms with Crippen molar-refractivity contribution >= 4 is 38.7 Å². The molecule has 0 aliphatic heterocycles. The van der Waals surface area contributed by atoms with Crippen LogP contribution in [-0.2, 0) is 6.42 Å². The predicted molar refractivity (Wildman–Crippen MR) is 134 cm³/mol. The molecule has 1 aliphatic carbocycles. The maximum Gasteiger partial charge on any atom is 0.135 e. The number of nitrogens with zero attached hydrogens (tertiary/aromatic N) is 3. The zero-order chi connectivity index (χ0) is 23.3. The van der Waals surface area contributed by atoms with Gasteiger partial charge in [0.2, 0.25) is 0 Å². The van der Waals surface area contributed by atoms with Crippen LogP contribution >= 0.6 is 15.9 Å². The van der Waals surface area contributed by atoms with Crippen LogP contribution in [0.2, 0.25) is 0 Å². The Morgan fingerprint density at radius 2 is 2.09 bits per heavy atom. The van der Waals surface area contributed by atoms with Crippen molar-refractivity contribution in [3.05, 3.63) is 52.3 Å². The summed E-state index contributed by atoms with van der Waals surface area (Å²) >= 11 is 3.56. The molecule has 3 aromatic rings. The molecule has 0 unspecified atom stereocenters. The highest BCUT2D eigenvalue weighted by molar-refractivity contribution is 9.10. The molecule has 170 valence electrons. The van der Waals surface area contributed by atoms with Gasteiger partial charge in [-0.05, 0) is 71.9 Å². The minimum atomic E-state index is -0.265. The number of halogens is 1. The van der Waals surface area contributed by atoms with Gasteiger partial charge in [0.25, 0.3) is 0 Å². The van der Waals surface area contributed by atoms with Crippen LogP contribution in [0.3, 0.4) is 0 Å². The number of phenolic OH excluding ortho intramolecular Hbond substituents is 1. The van der Waals surface area contributed by atoms with E-state index in [4.69, 9.17) is 16.5 Å². The molecule has 1 aliphatic rings. The molecule has 1 saturated carbocycles. The van der Waals surface area contributed by atoms with E-state index in [1.165, 1.54) is 0 Å². The lowest BCUT2D eigenvalue weighted by molar-refractivity contribution is 0.215. The molecule has 0 saturated heterocycles. The first-order chi connectivity index (χ1) is 15.0. The summed E-state index contributed by atoms with van der Waals surface area (Å²) in [6, 6.07) is 7.32. The summed E-state index contributed by atoms with van der Waals surface area (Å²) in [7, 11) is 0.